The summed E-state index contributed by atoms with van der Waals surface area (Å²) in [5, 5.41) is 26.9. The first kappa shape index (κ1) is 33.9. The summed E-state index contributed by atoms with van der Waals surface area (Å²) in [6, 6.07) is 22.4. The summed E-state index contributed by atoms with van der Waals surface area (Å²) in [7, 11) is -1.24. The molecule has 0 aliphatic heterocycles. The summed E-state index contributed by atoms with van der Waals surface area (Å²) in [6.45, 7) is 2.31. The van der Waals surface area contributed by atoms with Crippen molar-refractivity contribution in [3.05, 3.63) is 107 Å². The van der Waals surface area contributed by atoms with Crippen molar-refractivity contribution in [1.82, 2.24) is 24.7 Å². The number of hydrogen-bond donors (Lipinski definition) is 4. The molecule has 242 valence electrons. The number of carbonyl (C=O) groups excluding carboxylic acids is 2. The molecule has 46 heavy (non-hydrogen) atoms. The van der Waals surface area contributed by atoms with Gasteiger partial charge in [-0.25, -0.2) is 22.7 Å². The minimum absolute atomic E-state index is 0.0375. The molecule has 2 unspecified atom stereocenters. The maximum absolute atomic E-state index is 13.2. The zero-order chi connectivity index (χ0) is 33.4. The number of urea groups is 1. The zero-order valence-corrected chi connectivity index (χ0v) is 26.6. The number of rotatable bonds is 13. The van der Waals surface area contributed by atoms with Crippen LogP contribution in [-0.4, -0.2) is 77.5 Å². The number of sulfonamides is 1. The topological polar surface area (TPSA) is 171 Å². The molecule has 0 aliphatic carbocycles. The van der Waals surface area contributed by atoms with Crippen LogP contribution >= 0.6 is 0 Å². The Morgan fingerprint density at radius 2 is 1.59 bits per heavy atom. The van der Waals surface area contributed by atoms with Crippen LogP contribution in [0.5, 0.6) is 0 Å². The van der Waals surface area contributed by atoms with E-state index in [0.717, 1.165) is 28.1 Å². The van der Waals surface area contributed by atoms with E-state index in [1.54, 1.807) is 65.3 Å². The Hall–Kier alpha value is -5.01. The highest BCUT2D eigenvalue weighted by Gasteiger charge is 2.29. The lowest BCUT2D eigenvalue weighted by atomic mass is 10.0. The Labute approximate surface area is 267 Å². The predicted octanol–water partition coefficient (Wildman–Crippen LogP) is 3.30. The molecule has 0 saturated heterocycles. The van der Waals surface area contributed by atoms with Gasteiger partial charge in [-0.15, -0.1) is 0 Å². The first-order chi connectivity index (χ1) is 21.9. The highest BCUT2D eigenvalue weighted by Crippen LogP contribution is 2.28. The van der Waals surface area contributed by atoms with Gasteiger partial charge in [-0.1, -0.05) is 86.1 Å². The summed E-state index contributed by atoms with van der Waals surface area (Å²) in [6.07, 6.45) is -0.283. The summed E-state index contributed by atoms with van der Waals surface area (Å²) in [4.78, 5) is 38.0. The third-order valence-corrected chi connectivity index (χ3v) is 8.63. The first-order valence-corrected chi connectivity index (χ1v) is 16.1. The minimum Gasteiger partial charge on any atom is -0.479 e. The number of carbonyl (C=O) groups is 3. The highest BCUT2D eigenvalue weighted by molar-refractivity contribution is 7.90. The number of hydrogen-bond acceptors (Lipinski definition) is 7. The summed E-state index contributed by atoms with van der Waals surface area (Å²) in [5.41, 5.74) is 3.52. The molecule has 0 fully saturated rings. The predicted molar refractivity (Wildman–Crippen MR) is 172 cm³/mol. The number of nitrogens with zero attached hydrogens (tertiary/aromatic N) is 3. The Kier molecular flexibility index (Phi) is 10.9. The third-order valence-electron chi connectivity index (χ3n) is 7.25. The van der Waals surface area contributed by atoms with Crippen LogP contribution in [0.2, 0.25) is 0 Å². The number of aliphatic hydroxyl groups is 1. The first-order valence-electron chi connectivity index (χ1n) is 14.6. The number of aryl methyl sites for hydroxylation is 1. The summed E-state index contributed by atoms with van der Waals surface area (Å²) >= 11 is 0. The van der Waals surface area contributed by atoms with Gasteiger partial charge in [0.25, 0.3) is 15.9 Å². The molecular weight excluding hydrogens is 610 g/mol. The SMILES string of the molecule is CCCc1cc(C(=O)NC(Cc2ccccc2)C(O)C(=O)O)nn1Cc1ccc(-c2ccccc2S(=O)(=O)NC(=O)N(C)C)cc1. The molecule has 2 atom stereocenters. The van der Waals surface area contributed by atoms with Gasteiger partial charge in [-0.3, -0.25) is 9.48 Å². The lowest BCUT2D eigenvalue weighted by Gasteiger charge is -2.21. The fourth-order valence-corrected chi connectivity index (χ4v) is 6.10. The second kappa shape index (κ2) is 14.8. The van der Waals surface area contributed by atoms with E-state index in [9.17, 15) is 33.0 Å². The van der Waals surface area contributed by atoms with Crippen molar-refractivity contribution >= 4 is 27.9 Å². The zero-order valence-electron chi connectivity index (χ0n) is 25.8. The van der Waals surface area contributed by atoms with Crippen LogP contribution in [0.25, 0.3) is 11.1 Å². The molecule has 0 saturated carbocycles. The van der Waals surface area contributed by atoms with E-state index in [1.807, 2.05) is 25.1 Å². The van der Waals surface area contributed by atoms with Gasteiger partial charge in [0.2, 0.25) is 0 Å². The van der Waals surface area contributed by atoms with Crippen molar-refractivity contribution in [2.45, 2.75) is 49.8 Å². The number of carboxylic acid groups (broad SMARTS) is 1. The molecule has 4 aromatic rings. The van der Waals surface area contributed by atoms with Gasteiger partial charge in [0, 0.05) is 25.4 Å². The summed E-state index contributed by atoms with van der Waals surface area (Å²) in [5.74, 6) is -2.05. The smallest absolute Gasteiger partial charge is 0.334 e. The van der Waals surface area contributed by atoms with Gasteiger partial charge in [-0.05, 0) is 41.7 Å². The van der Waals surface area contributed by atoms with Gasteiger partial charge < -0.3 is 20.4 Å². The molecule has 0 radical (unpaired) electrons. The van der Waals surface area contributed by atoms with E-state index >= 15 is 0 Å². The molecule has 0 bridgehead atoms. The van der Waals surface area contributed by atoms with Gasteiger partial charge >= 0.3 is 12.0 Å². The second-order valence-corrected chi connectivity index (χ2v) is 12.6. The van der Waals surface area contributed by atoms with Gasteiger partial charge in [-0.2, -0.15) is 5.10 Å². The van der Waals surface area contributed by atoms with Crippen molar-refractivity contribution in [1.29, 1.82) is 0 Å². The molecule has 13 heteroatoms. The van der Waals surface area contributed by atoms with E-state index < -0.39 is 40.1 Å². The number of benzene rings is 3. The standard InChI is InChI=1S/C33H37N5O7S/c1-4-10-25-20-28(31(40)34-27(30(39)32(41)42)19-22-11-6-5-7-12-22)35-38(25)21-23-15-17-24(18-16-23)26-13-8-9-14-29(26)46(44,45)36-33(43)37(2)3/h5-9,11-18,20,27,30,39H,4,10,19,21H2,1-3H3,(H,34,40)(H,36,43)(H,41,42). The van der Waals surface area contributed by atoms with Crippen LogP contribution in [0.1, 0.15) is 40.7 Å². The monoisotopic (exact) mass is 647 g/mol. The molecule has 12 nitrogen and oxygen atoms in total. The van der Waals surface area contributed by atoms with Gasteiger partial charge in [0.1, 0.15) is 5.69 Å². The van der Waals surface area contributed by atoms with E-state index in [-0.39, 0.29) is 17.0 Å². The Bertz CT molecular complexity index is 1790. The maximum Gasteiger partial charge on any atom is 0.334 e. The van der Waals surface area contributed by atoms with E-state index in [1.165, 1.54) is 20.2 Å². The van der Waals surface area contributed by atoms with Crippen LogP contribution in [0.3, 0.4) is 0 Å². The molecular formula is C33H37N5O7S. The van der Waals surface area contributed by atoms with Gasteiger partial charge in [0.05, 0.1) is 17.5 Å². The van der Waals surface area contributed by atoms with E-state index in [4.69, 9.17) is 0 Å². The highest BCUT2D eigenvalue weighted by atomic mass is 32.2. The number of aromatic nitrogens is 2. The van der Waals surface area contributed by atoms with E-state index in [0.29, 0.717) is 24.1 Å². The average Bonchev–Trinajstić information content (AvgIpc) is 3.43. The molecule has 0 aliphatic rings. The number of amides is 3. The lowest BCUT2D eigenvalue weighted by Crippen LogP contribution is -2.48. The molecule has 0 spiro atoms. The van der Waals surface area contributed by atoms with Crippen molar-refractivity contribution < 1.29 is 33.0 Å². The second-order valence-electron chi connectivity index (χ2n) is 11.0. The van der Waals surface area contributed by atoms with Crippen LogP contribution in [0, 0.1) is 0 Å². The molecule has 4 rings (SSSR count). The number of nitrogens with one attached hydrogen (secondary N) is 2. The van der Waals surface area contributed by atoms with Crippen molar-refractivity contribution in [2.75, 3.05) is 14.1 Å². The fraction of sp³-hybridized carbons (Fsp3) is 0.273. The third kappa shape index (κ3) is 8.37. The van der Waals surface area contributed by atoms with Crippen molar-refractivity contribution in [3.8, 4) is 11.1 Å². The van der Waals surface area contributed by atoms with Crippen LogP contribution in [-0.2, 0) is 34.2 Å². The van der Waals surface area contributed by atoms with E-state index in [2.05, 4.69) is 15.1 Å². The number of carboxylic acids is 1. The van der Waals surface area contributed by atoms with Crippen LogP contribution in [0.4, 0.5) is 4.79 Å². The normalized spacial score (nSPS) is 12.6. The molecule has 4 N–H and O–H groups in total. The molecule has 3 amide bonds. The Morgan fingerprint density at radius 3 is 2.22 bits per heavy atom. The molecule has 1 heterocycles. The maximum atomic E-state index is 13.2. The quantitative estimate of drug-likeness (QED) is 0.171. The molecule has 1 aromatic heterocycles. The van der Waals surface area contributed by atoms with Crippen LogP contribution in [0.15, 0.2) is 89.8 Å². The molecule has 3 aromatic carbocycles. The number of aliphatic hydroxyl groups excluding tert-OH is 1. The summed E-state index contributed by atoms with van der Waals surface area (Å²) < 4.78 is 29.7. The minimum atomic E-state index is -4.14. The van der Waals surface area contributed by atoms with Crippen molar-refractivity contribution in [2.24, 2.45) is 0 Å². The number of aliphatic carboxylic acids is 1. The lowest BCUT2D eigenvalue weighted by molar-refractivity contribution is -0.148. The fourth-order valence-electron chi connectivity index (χ4n) is 4.85. The average molecular weight is 648 g/mol. The van der Waals surface area contributed by atoms with Crippen molar-refractivity contribution in [3.63, 3.8) is 0 Å². The van der Waals surface area contributed by atoms with Gasteiger partial charge in [0.15, 0.2) is 6.10 Å². The largest absolute Gasteiger partial charge is 0.479 e. The van der Waals surface area contributed by atoms with Crippen LogP contribution < -0.4 is 10.0 Å². The Morgan fingerprint density at radius 1 is 0.935 bits per heavy atom. The Balaban J connectivity index is 1.55.